The average molecular weight is 717 g/mol. The summed E-state index contributed by atoms with van der Waals surface area (Å²) in [6.07, 6.45) is 15.9. The number of nitrogens with one attached hydrogen (secondary N) is 2. The molecular formula is C50H56N2O2. The molecule has 0 saturated heterocycles. The zero-order chi connectivity index (χ0) is 38.0. The van der Waals surface area contributed by atoms with E-state index in [0.29, 0.717) is 11.4 Å². The van der Waals surface area contributed by atoms with Gasteiger partial charge in [0.2, 0.25) is 10.9 Å². The van der Waals surface area contributed by atoms with Crippen molar-refractivity contribution in [2.75, 3.05) is 23.7 Å². The Hall–Kier alpha value is -5.32. The van der Waals surface area contributed by atoms with Crippen LogP contribution in [0.4, 0.5) is 11.4 Å². The van der Waals surface area contributed by atoms with Crippen LogP contribution in [0.15, 0.2) is 101 Å². The van der Waals surface area contributed by atoms with E-state index in [1.54, 1.807) is 24.3 Å². The number of fused-ring (bicyclic) bond motifs is 2. The lowest BCUT2D eigenvalue weighted by atomic mass is 9.89. The predicted molar refractivity (Wildman–Crippen MR) is 232 cm³/mol. The zero-order valence-electron chi connectivity index (χ0n) is 32.6. The molecule has 54 heavy (non-hydrogen) atoms. The molecule has 0 aliphatic rings. The summed E-state index contributed by atoms with van der Waals surface area (Å²) in [5.74, 6) is 13.6. The van der Waals surface area contributed by atoms with Crippen molar-refractivity contribution >= 4 is 32.9 Å². The molecule has 0 bridgehead atoms. The van der Waals surface area contributed by atoms with Gasteiger partial charge in [0.1, 0.15) is 0 Å². The Morgan fingerprint density at radius 1 is 0.444 bits per heavy atom. The number of rotatable bonds is 17. The maximum absolute atomic E-state index is 12.6. The van der Waals surface area contributed by atoms with Crippen LogP contribution in [0.5, 0.6) is 0 Å². The second-order valence-corrected chi connectivity index (χ2v) is 14.2. The van der Waals surface area contributed by atoms with Gasteiger partial charge < -0.3 is 10.6 Å². The summed E-state index contributed by atoms with van der Waals surface area (Å²) in [5, 5.41) is 11.1. The van der Waals surface area contributed by atoms with E-state index >= 15 is 0 Å². The highest BCUT2D eigenvalue weighted by Crippen LogP contribution is 2.33. The van der Waals surface area contributed by atoms with Gasteiger partial charge in [-0.05, 0) is 120 Å². The minimum absolute atomic E-state index is 0.0373. The quantitative estimate of drug-likeness (QED) is 0.0571. The highest BCUT2D eigenvalue weighted by molar-refractivity contribution is 6.06. The van der Waals surface area contributed by atoms with Crippen molar-refractivity contribution in [2.24, 2.45) is 0 Å². The van der Waals surface area contributed by atoms with Gasteiger partial charge in [-0.3, -0.25) is 9.59 Å². The first-order chi connectivity index (χ1) is 26.5. The number of benzene rings is 3. The maximum Gasteiger partial charge on any atom is 0.201 e. The van der Waals surface area contributed by atoms with Crippen LogP contribution in [-0.4, -0.2) is 13.1 Å². The monoisotopic (exact) mass is 716 g/mol. The first kappa shape index (κ1) is 39.9. The molecular weight excluding hydrogens is 661 g/mol. The Kier molecular flexibility index (Phi) is 15.8. The number of aryl methyl sites for hydroxylation is 1. The SMILES string of the molecule is CCCCCCCCCCCCc1c2cccc(C#Cc3ccc(NCCC)c(=O)cc3)c2cc2c(C#Cc3ccc(NCCC)c(=O)cc3)cccc12. The van der Waals surface area contributed by atoms with Crippen molar-refractivity contribution < 1.29 is 0 Å². The van der Waals surface area contributed by atoms with Gasteiger partial charge in [0, 0.05) is 35.3 Å². The molecule has 0 saturated carbocycles. The van der Waals surface area contributed by atoms with E-state index in [1.165, 1.54) is 74.1 Å². The molecule has 0 fully saturated rings. The molecule has 5 aromatic rings. The van der Waals surface area contributed by atoms with Gasteiger partial charge in [-0.1, -0.05) is 127 Å². The maximum atomic E-state index is 12.6. The fourth-order valence-corrected chi connectivity index (χ4v) is 6.92. The summed E-state index contributed by atoms with van der Waals surface area (Å²) in [5.41, 5.74) is 5.94. The third-order valence-electron chi connectivity index (χ3n) is 9.96. The lowest BCUT2D eigenvalue weighted by Gasteiger charge is -2.14. The first-order valence-electron chi connectivity index (χ1n) is 20.3. The molecule has 0 aliphatic heterocycles. The van der Waals surface area contributed by atoms with Gasteiger partial charge in [-0.2, -0.15) is 0 Å². The molecule has 0 heterocycles. The van der Waals surface area contributed by atoms with Crippen LogP contribution in [0.2, 0.25) is 0 Å². The van der Waals surface area contributed by atoms with Gasteiger partial charge in [0.05, 0.1) is 11.4 Å². The van der Waals surface area contributed by atoms with Crippen LogP contribution in [0.1, 0.15) is 126 Å². The van der Waals surface area contributed by atoms with Crippen LogP contribution < -0.4 is 21.5 Å². The average Bonchev–Trinajstić information content (AvgIpc) is 3.48. The molecule has 5 rings (SSSR count). The van der Waals surface area contributed by atoms with Crippen LogP contribution in [-0.2, 0) is 6.42 Å². The Morgan fingerprint density at radius 2 is 0.889 bits per heavy atom. The molecule has 4 heteroatoms. The van der Waals surface area contributed by atoms with Gasteiger partial charge >= 0.3 is 0 Å². The van der Waals surface area contributed by atoms with Crippen LogP contribution >= 0.6 is 0 Å². The molecule has 4 nitrogen and oxygen atoms in total. The molecule has 5 aromatic carbocycles. The Labute approximate surface area is 322 Å². The normalized spacial score (nSPS) is 10.7. The topological polar surface area (TPSA) is 58.2 Å². The summed E-state index contributed by atoms with van der Waals surface area (Å²) >= 11 is 0. The van der Waals surface area contributed by atoms with E-state index < -0.39 is 0 Å². The zero-order valence-corrected chi connectivity index (χ0v) is 32.6. The van der Waals surface area contributed by atoms with Crippen LogP contribution in [0, 0.1) is 23.7 Å². The van der Waals surface area contributed by atoms with Crippen LogP contribution in [0.25, 0.3) is 21.5 Å². The van der Waals surface area contributed by atoms with E-state index in [-0.39, 0.29) is 10.9 Å². The third kappa shape index (κ3) is 11.3. The Bertz CT molecular complexity index is 2120. The van der Waals surface area contributed by atoms with Crippen molar-refractivity contribution in [1.29, 1.82) is 0 Å². The summed E-state index contributed by atoms with van der Waals surface area (Å²) in [4.78, 5) is 25.2. The fraction of sp³-hybridized carbons (Fsp3) is 0.360. The van der Waals surface area contributed by atoms with E-state index in [2.05, 4.69) is 97.6 Å². The van der Waals surface area contributed by atoms with Gasteiger partial charge in [-0.25, -0.2) is 0 Å². The number of hydrogen-bond acceptors (Lipinski definition) is 4. The molecule has 0 aliphatic carbocycles. The molecule has 0 unspecified atom stereocenters. The van der Waals surface area contributed by atoms with E-state index in [9.17, 15) is 9.59 Å². The first-order valence-corrected chi connectivity index (χ1v) is 20.3. The lowest BCUT2D eigenvalue weighted by molar-refractivity contribution is 0.557. The van der Waals surface area contributed by atoms with Gasteiger partial charge in [-0.15, -0.1) is 0 Å². The van der Waals surface area contributed by atoms with Crippen molar-refractivity contribution in [3.05, 3.63) is 139 Å². The smallest absolute Gasteiger partial charge is 0.201 e. The van der Waals surface area contributed by atoms with Gasteiger partial charge in [0.15, 0.2) is 0 Å². The number of anilines is 2. The van der Waals surface area contributed by atoms with Crippen molar-refractivity contribution in [1.82, 2.24) is 0 Å². The summed E-state index contributed by atoms with van der Waals surface area (Å²) < 4.78 is 0. The molecule has 0 spiro atoms. The van der Waals surface area contributed by atoms with Crippen LogP contribution in [0.3, 0.4) is 0 Å². The number of unbranched alkanes of at least 4 members (excludes halogenated alkanes) is 9. The second kappa shape index (κ2) is 21.4. The second-order valence-electron chi connectivity index (χ2n) is 14.2. The lowest BCUT2D eigenvalue weighted by Crippen LogP contribution is -2.08. The largest absolute Gasteiger partial charge is 0.382 e. The Morgan fingerprint density at radius 3 is 1.35 bits per heavy atom. The molecule has 278 valence electrons. The molecule has 0 aromatic heterocycles. The third-order valence-corrected chi connectivity index (χ3v) is 9.96. The van der Waals surface area contributed by atoms with E-state index in [1.807, 2.05) is 24.3 Å². The highest BCUT2D eigenvalue weighted by Gasteiger charge is 2.12. The van der Waals surface area contributed by atoms with Crippen molar-refractivity contribution in [3.63, 3.8) is 0 Å². The van der Waals surface area contributed by atoms with Crippen molar-refractivity contribution in [2.45, 2.75) is 104 Å². The predicted octanol–water partition coefficient (Wildman–Crippen LogP) is 11.6. The van der Waals surface area contributed by atoms with Gasteiger partial charge in [0.25, 0.3) is 0 Å². The molecule has 0 amide bonds. The minimum atomic E-state index is -0.0373. The standard InChI is InChI=1S/C50H56N2O2/c1-4-7-8-9-10-11-12-13-14-15-20-42-43-21-16-18-40(29-23-38-25-31-47(51-35-5-2)49(53)33-27-38)45(43)37-46-41(19-17-22-44(42)46)30-24-39-26-32-48(52-36-6-3)50(54)34-28-39/h16-19,21-22,25-28,31-34,37H,4-15,20,35-36H2,1-3H3,(H,51,53)(H,52,54). The molecule has 2 N–H and O–H groups in total. The highest BCUT2D eigenvalue weighted by atomic mass is 16.1. The number of hydrogen-bond donors (Lipinski definition) is 2. The van der Waals surface area contributed by atoms with E-state index in [4.69, 9.17) is 0 Å². The summed E-state index contributed by atoms with van der Waals surface area (Å²) in [6, 6.07) is 29.4. The fourth-order valence-electron chi connectivity index (χ4n) is 6.92. The summed E-state index contributed by atoms with van der Waals surface area (Å²) in [6.45, 7) is 7.94. The van der Waals surface area contributed by atoms with E-state index in [0.717, 1.165) is 71.8 Å². The van der Waals surface area contributed by atoms with Crippen molar-refractivity contribution in [3.8, 4) is 23.7 Å². The molecule has 0 radical (unpaired) electrons. The Balaban J connectivity index is 1.51. The summed E-state index contributed by atoms with van der Waals surface area (Å²) in [7, 11) is 0. The minimum Gasteiger partial charge on any atom is -0.382 e. The molecule has 0 atom stereocenters.